The first-order chi connectivity index (χ1) is 6.84. The Balaban J connectivity index is 1.98. The molecule has 14 heavy (non-hydrogen) atoms. The molecule has 2 heteroatoms. The molecule has 0 bridgehead atoms. The van der Waals surface area contributed by atoms with Gasteiger partial charge in [-0.3, -0.25) is 4.79 Å². The van der Waals surface area contributed by atoms with E-state index in [1.807, 2.05) is 0 Å². The van der Waals surface area contributed by atoms with Crippen molar-refractivity contribution in [2.45, 2.75) is 25.3 Å². The Morgan fingerprint density at radius 3 is 3.00 bits per heavy atom. The van der Waals surface area contributed by atoms with Gasteiger partial charge < -0.3 is 4.90 Å². The van der Waals surface area contributed by atoms with Gasteiger partial charge in [-0.1, -0.05) is 18.2 Å². The molecule has 2 nitrogen and oxygen atoms in total. The lowest BCUT2D eigenvalue weighted by Crippen LogP contribution is -2.40. The minimum Gasteiger partial charge on any atom is -0.367 e. The quantitative estimate of drug-likeness (QED) is 0.617. The molecule has 1 unspecified atom stereocenters. The van der Waals surface area contributed by atoms with Crippen molar-refractivity contribution in [2.24, 2.45) is 0 Å². The molecule has 2 aliphatic heterocycles. The van der Waals surface area contributed by atoms with E-state index in [0.717, 1.165) is 25.8 Å². The van der Waals surface area contributed by atoms with Crippen molar-refractivity contribution in [3.63, 3.8) is 0 Å². The van der Waals surface area contributed by atoms with Crippen LogP contribution in [0, 0.1) is 0 Å². The highest BCUT2D eigenvalue weighted by Crippen LogP contribution is 2.35. The highest BCUT2D eigenvalue weighted by Gasteiger charge is 2.33. The van der Waals surface area contributed by atoms with Crippen molar-refractivity contribution >= 4 is 11.5 Å². The van der Waals surface area contributed by atoms with Crippen molar-refractivity contribution in [3.05, 3.63) is 29.8 Å². The summed E-state index contributed by atoms with van der Waals surface area (Å²) in [5, 5.41) is 0. The van der Waals surface area contributed by atoms with Crippen LogP contribution in [0.5, 0.6) is 0 Å². The number of Topliss-reactive ketones (excluding diaryl/α,β-unsaturated/α-hetero) is 1. The van der Waals surface area contributed by atoms with Crippen LogP contribution in [0.4, 0.5) is 5.69 Å². The zero-order chi connectivity index (χ0) is 9.54. The molecule has 1 aromatic rings. The third-order valence-corrected chi connectivity index (χ3v) is 3.29. The lowest BCUT2D eigenvalue weighted by molar-refractivity contribution is -0.120. The maximum Gasteiger partial charge on any atom is 0.136 e. The fourth-order valence-electron chi connectivity index (χ4n) is 2.62. The molecule has 2 aliphatic rings. The average molecular weight is 187 g/mol. The first-order valence-corrected chi connectivity index (χ1v) is 5.21. The van der Waals surface area contributed by atoms with Gasteiger partial charge in [-0.15, -0.1) is 0 Å². The smallest absolute Gasteiger partial charge is 0.136 e. The number of anilines is 1. The lowest BCUT2D eigenvalue weighted by Gasteiger charge is -2.31. The molecule has 72 valence electrons. The third-order valence-electron chi connectivity index (χ3n) is 3.29. The molecular weight excluding hydrogens is 174 g/mol. The average Bonchev–Trinajstić information content (AvgIpc) is 2.54. The van der Waals surface area contributed by atoms with Crippen LogP contribution >= 0.6 is 0 Å². The highest BCUT2D eigenvalue weighted by molar-refractivity contribution is 5.83. The monoisotopic (exact) mass is 187 g/mol. The molecule has 3 rings (SSSR count). The number of carbonyl (C=O) groups is 1. The van der Waals surface area contributed by atoms with Crippen LogP contribution in [0.25, 0.3) is 0 Å². The van der Waals surface area contributed by atoms with Gasteiger partial charge in [0.25, 0.3) is 0 Å². The van der Waals surface area contributed by atoms with E-state index in [9.17, 15) is 4.79 Å². The third kappa shape index (κ3) is 1.07. The summed E-state index contributed by atoms with van der Waals surface area (Å²) in [6, 6.07) is 8.97. The first kappa shape index (κ1) is 8.04. The Bertz CT molecular complexity index is 386. The van der Waals surface area contributed by atoms with E-state index < -0.39 is 0 Å². The van der Waals surface area contributed by atoms with Crippen molar-refractivity contribution in [2.75, 3.05) is 11.4 Å². The second-order valence-electron chi connectivity index (χ2n) is 4.17. The molecule has 0 N–H and O–H groups in total. The van der Waals surface area contributed by atoms with Crippen LogP contribution in [0.2, 0.25) is 0 Å². The number of para-hydroxylation sites is 1. The van der Waals surface area contributed by atoms with E-state index in [4.69, 9.17) is 0 Å². The number of rotatable bonds is 0. The van der Waals surface area contributed by atoms with Crippen LogP contribution in [0.3, 0.4) is 0 Å². The Morgan fingerprint density at radius 2 is 2.07 bits per heavy atom. The lowest BCUT2D eigenvalue weighted by atomic mass is 10.0. The van der Waals surface area contributed by atoms with Gasteiger partial charge in [0.2, 0.25) is 0 Å². The molecule has 1 fully saturated rings. The summed E-state index contributed by atoms with van der Waals surface area (Å²) in [5.74, 6) is 0.430. The largest absolute Gasteiger partial charge is 0.367 e. The number of piperidine rings is 1. The number of hydrogen-bond donors (Lipinski definition) is 0. The van der Waals surface area contributed by atoms with Crippen molar-refractivity contribution in [1.29, 1.82) is 0 Å². The molecule has 1 aromatic carbocycles. The molecule has 1 atom stereocenters. The Labute approximate surface area is 83.5 Å². The fourth-order valence-corrected chi connectivity index (χ4v) is 2.62. The zero-order valence-corrected chi connectivity index (χ0v) is 8.07. The number of fused-ring (bicyclic) bond motifs is 3. The van der Waals surface area contributed by atoms with Gasteiger partial charge in [0, 0.05) is 31.1 Å². The predicted molar refractivity (Wildman–Crippen MR) is 55.5 cm³/mol. The summed E-state index contributed by atoms with van der Waals surface area (Å²) >= 11 is 0. The maximum atomic E-state index is 11.3. The van der Waals surface area contributed by atoms with Gasteiger partial charge in [-0.25, -0.2) is 0 Å². The van der Waals surface area contributed by atoms with Gasteiger partial charge in [-0.05, 0) is 18.1 Å². The van der Waals surface area contributed by atoms with Crippen molar-refractivity contribution in [1.82, 2.24) is 0 Å². The fraction of sp³-hybridized carbons (Fsp3) is 0.417. The maximum absolute atomic E-state index is 11.3. The van der Waals surface area contributed by atoms with Crippen LogP contribution in [-0.2, 0) is 11.2 Å². The first-order valence-electron chi connectivity index (χ1n) is 5.21. The standard InChI is InChI=1S/C12H13NO/c14-11-5-6-13-10(8-11)7-9-3-1-2-4-12(9)13/h1-4,10H,5-8H2. The molecule has 0 amide bonds. The Kier molecular flexibility index (Phi) is 1.63. The zero-order valence-electron chi connectivity index (χ0n) is 8.07. The van der Waals surface area contributed by atoms with E-state index in [2.05, 4.69) is 29.2 Å². The number of ketones is 1. The van der Waals surface area contributed by atoms with Gasteiger partial charge in [0.1, 0.15) is 5.78 Å². The molecule has 0 aromatic heterocycles. The molecule has 0 spiro atoms. The number of hydrogen-bond acceptors (Lipinski definition) is 2. The predicted octanol–water partition coefficient (Wildman–Crippen LogP) is 1.78. The van der Waals surface area contributed by atoms with Gasteiger partial charge in [0.15, 0.2) is 0 Å². The summed E-state index contributed by atoms with van der Waals surface area (Å²) < 4.78 is 0. The second-order valence-corrected chi connectivity index (χ2v) is 4.17. The van der Waals surface area contributed by atoms with Crippen LogP contribution in [0.1, 0.15) is 18.4 Å². The molecule has 0 saturated carbocycles. The summed E-state index contributed by atoms with van der Waals surface area (Å²) in [7, 11) is 0. The van der Waals surface area contributed by atoms with E-state index in [1.165, 1.54) is 11.3 Å². The number of carbonyl (C=O) groups excluding carboxylic acids is 1. The Hall–Kier alpha value is -1.31. The van der Waals surface area contributed by atoms with Gasteiger partial charge in [0.05, 0.1) is 0 Å². The van der Waals surface area contributed by atoms with Gasteiger partial charge >= 0.3 is 0 Å². The van der Waals surface area contributed by atoms with E-state index >= 15 is 0 Å². The molecule has 1 saturated heterocycles. The van der Waals surface area contributed by atoms with E-state index in [0.29, 0.717) is 11.8 Å². The van der Waals surface area contributed by atoms with Crippen LogP contribution in [-0.4, -0.2) is 18.4 Å². The summed E-state index contributed by atoms with van der Waals surface area (Å²) in [5.41, 5.74) is 2.76. The Morgan fingerprint density at radius 1 is 1.21 bits per heavy atom. The highest BCUT2D eigenvalue weighted by atomic mass is 16.1. The minimum atomic E-state index is 0.430. The SMILES string of the molecule is O=C1CCN2c3ccccc3CC2C1. The molecule has 2 heterocycles. The number of benzene rings is 1. The van der Waals surface area contributed by atoms with E-state index in [1.54, 1.807) is 0 Å². The summed E-state index contributed by atoms with van der Waals surface area (Å²) in [6.07, 6.45) is 2.53. The molecule has 0 aliphatic carbocycles. The van der Waals surface area contributed by atoms with Crippen LogP contribution < -0.4 is 4.90 Å². The minimum absolute atomic E-state index is 0.430. The van der Waals surface area contributed by atoms with Gasteiger partial charge in [-0.2, -0.15) is 0 Å². The number of nitrogens with zero attached hydrogens (tertiary/aromatic N) is 1. The summed E-state index contributed by atoms with van der Waals surface area (Å²) in [6.45, 7) is 0.917. The molecule has 0 radical (unpaired) electrons. The van der Waals surface area contributed by atoms with Crippen molar-refractivity contribution < 1.29 is 4.79 Å². The second kappa shape index (κ2) is 2.84. The van der Waals surface area contributed by atoms with Crippen LogP contribution in [0.15, 0.2) is 24.3 Å². The molecular formula is C12H13NO. The van der Waals surface area contributed by atoms with Crippen molar-refractivity contribution in [3.8, 4) is 0 Å². The topological polar surface area (TPSA) is 20.3 Å². The van der Waals surface area contributed by atoms with E-state index in [-0.39, 0.29) is 0 Å². The normalized spacial score (nSPS) is 24.7. The summed E-state index contributed by atoms with van der Waals surface area (Å²) in [4.78, 5) is 13.7.